The molecule has 2 aromatic rings. The average Bonchev–Trinajstić information content (AvgIpc) is 2.48. The van der Waals surface area contributed by atoms with E-state index in [0.717, 1.165) is 29.0 Å². The minimum atomic E-state index is -0.176. The lowest BCUT2D eigenvalue weighted by Crippen LogP contribution is -2.22. The lowest BCUT2D eigenvalue weighted by Gasteiger charge is -2.22. The van der Waals surface area contributed by atoms with Crippen LogP contribution in [0.1, 0.15) is 35.2 Å². The standard InChI is InChI=1S/C18H22FNO/c1-5-20-18(14-7-9-16(19)13(3)11-14)15-8-6-12(2)10-17(15)21-4/h6-11,18,20H,5H2,1-4H3. The van der Waals surface area contributed by atoms with Crippen molar-refractivity contribution in [2.45, 2.75) is 26.8 Å². The van der Waals surface area contributed by atoms with Crippen molar-refractivity contribution in [2.24, 2.45) is 0 Å². The highest BCUT2D eigenvalue weighted by Crippen LogP contribution is 2.31. The van der Waals surface area contributed by atoms with Crippen molar-refractivity contribution in [1.82, 2.24) is 5.32 Å². The second kappa shape index (κ2) is 6.72. The first kappa shape index (κ1) is 15.5. The summed E-state index contributed by atoms with van der Waals surface area (Å²) in [6, 6.07) is 11.4. The van der Waals surface area contributed by atoms with E-state index in [4.69, 9.17) is 4.74 Å². The Bertz CT molecular complexity index is 625. The van der Waals surface area contributed by atoms with E-state index in [0.29, 0.717) is 5.56 Å². The first-order valence-corrected chi connectivity index (χ1v) is 7.20. The number of hydrogen-bond donors (Lipinski definition) is 1. The lowest BCUT2D eigenvalue weighted by atomic mass is 9.95. The van der Waals surface area contributed by atoms with Crippen LogP contribution in [-0.4, -0.2) is 13.7 Å². The number of hydrogen-bond acceptors (Lipinski definition) is 2. The Morgan fingerprint density at radius 2 is 1.90 bits per heavy atom. The van der Waals surface area contributed by atoms with Crippen molar-refractivity contribution in [3.8, 4) is 5.75 Å². The summed E-state index contributed by atoms with van der Waals surface area (Å²) < 4.78 is 19.0. The van der Waals surface area contributed by atoms with Crippen LogP contribution >= 0.6 is 0 Å². The van der Waals surface area contributed by atoms with Gasteiger partial charge in [0.25, 0.3) is 0 Å². The Kier molecular flexibility index (Phi) is 4.97. The minimum absolute atomic E-state index is 0.00940. The summed E-state index contributed by atoms with van der Waals surface area (Å²) in [7, 11) is 1.68. The third kappa shape index (κ3) is 3.42. The molecule has 1 atom stereocenters. The van der Waals surface area contributed by atoms with Gasteiger partial charge in [-0.25, -0.2) is 4.39 Å². The van der Waals surface area contributed by atoms with Crippen LogP contribution in [0.2, 0.25) is 0 Å². The maximum absolute atomic E-state index is 13.5. The number of benzene rings is 2. The quantitative estimate of drug-likeness (QED) is 0.892. The third-order valence-corrected chi connectivity index (χ3v) is 3.62. The maximum atomic E-state index is 13.5. The molecule has 0 fully saturated rings. The predicted octanol–water partition coefficient (Wildman–Crippen LogP) is 4.15. The molecule has 0 aliphatic heterocycles. The van der Waals surface area contributed by atoms with E-state index in [9.17, 15) is 4.39 Å². The third-order valence-electron chi connectivity index (χ3n) is 3.62. The zero-order valence-corrected chi connectivity index (χ0v) is 13.0. The average molecular weight is 287 g/mol. The smallest absolute Gasteiger partial charge is 0.126 e. The summed E-state index contributed by atoms with van der Waals surface area (Å²) in [5, 5.41) is 3.45. The Morgan fingerprint density at radius 1 is 1.14 bits per heavy atom. The minimum Gasteiger partial charge on any atom is -0.496 e. The first-order valence-electron chi connectivity index (χ1n) is 7.20. The predicted molar refractivity (Wildman–Crippen MR) is 84.4 cm³/mol. The Morgan fingerprint density at radius 3 is 2.52 bits per heavy atom. The van der Waals surface area contributed by atoms with Crippen LogP contribution in [-0.2, 0) is 0 Å². The van der Waals surface area contributed by atoms with E-state index < -0.39 is 0 Å². The molecule has 2 aromatic carbocycles. The number of aryl methyl sites for hydroxylation is 2. The summed E-state index contributed by atoms with van der Waals surface area (Å²) >= 11 is 0. The van der Waals surface area contributed by atoms with Crippen LogP contribution in [0.5, 0.6) is 5.75 Å². The Hall–Kier alpha value is -1.87. The van der Waals surface area contributed by atoms with Crippen LogP contribution < -0.4 is 10.1 Å². The van der Waals surface area contributed by atoms with Crippen molar-refractivity contribution in [3.05, 3.63) is 64.5 Å². The van der Waals surface area contributed by atoms with E-state index in [-0.39, 0.29) is 11.9 Å². The first-order chi connectivity index (χ1) is 10.1. The largest absolute Gasteiger partial charge is 0.496 e. The fraction of sp³-hybridized carbons (Fsp3) is 0.333. The van der Waals surface area contributed by atoms with Gasteiger partial charge < -0.3 is 10.1 Å². The molecule has 3 heteroatoms. The lowest BCUT2D eigenvalue weighted by molar-refractivity contribution is 0.404. The molecule has 1 N–H and O–H groups in total. The van der Waals surface area contributed by atoms with Crippen LogP contribution in [0.15, 0.2) is 36.4 Å². The summed E-state index contributed by atoms with van der Waals surface area (Å²) in [5.74, 6) is 0.674. The molecule has 0 spiro atoms. The van der Waals surface area contributed by atoms with E-state index in [1.54, 1.807) is 14.0 Å². The van der Waals surface area contributed by atoms with Gasteiger partial charge in [0.15, 0.2) is 0 Å². The number of ether oxygens (including phenoxy) is 1. The molecule has 2 rings (SSSR count). The van der Waals surface area contributed by atoms with E-state index in [1.807, 2.05) is 25.1 Å². The summed E-state index contributed by atoms with van der Waals surface area (Å²) in [6.45, 7) is 6.70. The van der Waals surface area contributed by atoms with Crippen molar-refractivity contribution in [3.63, 3.8) is 0 Å². The summed E-state index contributed by atoms with van der Waals surface area (Å²) in [4.78, 5) is 0. The number of methoxy groups -OCH3 is 1. The van der Waals surface area contributed by atoms with Crippen molar-refractivity contribution in [2.75, 3.05) is 13.7 Å². The molecule has 0 heterocycles. The molecular formula is C18H22FNO. The normalized spacial score (nSPS) is 12.2. The van der Waals surface area contributed by atoms with Gasteiger partial charge in [0.2, 0.25) is 0 Å². The molecule has 0 bridgehead atoms. The molecule has 0 radical (unpaired) electrons. The van der Waals surface area contributed by atoms with Gasteiger partial charge in [-0.15, -0.1) is 0 Å². The molecule has 1 unspecified atom stereocenters. The van der Waals surface area contributed by atoms with Crippen LogP contribution in [0.3, 0.4) is 0 Å². The van der Waals surface area contributed by atoms with Crippen molar-refractivity contribution in [1.29, 1.82) is 0 Å². The van der Waals surface area contributed by atoms with Crippen LogP contribution in [0.4, 0.5) is 4.39 Å². The summed E-state index contributed by atoms with van der Waals surface area (Å²) in [5.41, 5.74) is 3.91. The van der Waals surface area contributed by atoms with Gasteiger partial charge in [0.1, 0.15) is 11.6 Å². The molecule has 0 aliphatic rings. The number of rotatable bonds is 5. The molecule has 0 amide bonds. The fourth-order valence-corrected chi connectivity index (χ4v) is 2.52. The van der Waals surface area contributed by atoms with Crippen molar-refractivity contribution < 1.29 is 9.13 Å². The van der Waals surface area contributed by atoms with E-state index >= 15 is 0 Å². The van der Waals surface area contributed by atoms with E-state index in [2.05, 4.69) is 24.4 Å². The molecule has 2 nitrogen and oxygen atoms in total. The van der Waals surface area contributed by atoms with Gasteiger partial charge in [-0.1, -0.05) is 31.2 Å². The second-order valence-electron chi connectivity index (χ2n) is 5.24. The highest BCUT2D eigenvalue weighted by atomic mass is 19.1. The SMILES string of the molecule is CCNC(c1ccc(F)c(C)c1)c1ccc(C)cc1OC. The molecular weight excluding hydrogens is 265 g/mol. The van der Waals surface area contributed by atoms with Crippen molar-refractivity contribution >= 4 is 0 Å². The van der Waals surface area contributed by atoms with Gasteiger partial charge in [-0.05, 0) is 49.2 Å². The van der Waals surface area contributed by atoms with Crippen LogP contribution in [0, 0.1) is 19.7 Å². The molecule has 21 heavy (non-hydrogen) atoms. The zero-order chi connectivity index (χ0) is 15.4. The highest BCUT2D eigenvalue weighted by molar-refractivity contribution is 5.44. The van der Waals surface area contributed by atoms with Gasteiger partial charge in [0.05, 0.1) is 13.2 Å². The highest BCUT2D eigenvalue weighted by Gasteiger charge is 2.18. The van der Waals surface area contributed by atoms with Crippen LogP contribution in [0.25, 0.3) is 0 Å². The molecule has 112 valence electrons. The van der Waals surface area contributed by atoms with Gasteiger partial charge >= 0.3 is 0 Å². The monoisotopic (exact) mass is 287 g/mol. The van der Waals surface area contributed by atoms with Gasteiger partial charge in [0, 0.05) is 5.56 Å². The van der Waals surface area contributed by atoms with Gasteiger partial charge in [-0.2, -0.15) is 0 Å². The number of nitrogens with one attached hydrogen (secondary N) is 1. The maximum Gasteiger partial charge on any atom is 0.126 e. The zero-order valence-electron chi connectivity index (χ0n) is 13.0. The Labute approximate surface area is 126 Å². The fourth-order valence-electron chi connectivity index (χ4n) is 2.52. The molecule has 0 aromatic heterocycles. The van der Waals surface area contributed by atoms with Gasteiger partial charge in [-0.3, -0.25) is 0 Å². The molecule has 0 aliphatic carbocycles. The molecule has 0 saturated carbocycles. The van der Waals surface area contributed by atoms with E-state index in [1.165, 1.54) is 6.07 Å². The topological polar surface area (TPSA) is 21.3 Å². The number of halogens is 1. The Balaban J connectivity index is 2.50. The second-order valence-corrected chi connectivity index (χ2v) is 5.24. The summed E-state index contributed by atoms with van der Waals surface area (Å²) in [6.07, 6.45) is 0. The molecule has 0 saturated heterocycles.